The van der Waals surface area contributed by atoms with Gasteiger partial charge in [-0.15, -0.1) is 0 Å². The molecule has 0 aliphatic carbocycles. The van der Waals surface area contributed by atoms with Crippen LogP contribution in [0.2, 0.25) is 0 Å². The maximum Gasteiger partial charge on any atom is 0.257 e. The minimum atomic E-state index is -0.420. The van der Waals surface area contributed by atoms with Crippen LogP contribution in [0.15, 0.2) is 30.6 Å². The molecule has 27 heavy (non-hydrogen) atoms. The topological polar surface area (TPSA) is 98.8 Å². The summed E-state index contributed by atoms with van der Waals surface area (Å²) in [6.07, 6.45) is 2.80. The van der Waals surface area contributed by atoms with E-state index in [1.165, 1.54) is 39.8 Å². The lowest BCUT2D eigenvalue weighted by molar-refractivity contribution is 0.0942. The monoisotopic (exact) mass is 373 g/mol. The van der Waals surface area contributed by atoms with E-state index in [-0.39, 0.29) is 17.5 Å². The SMILES string of the molecule is COc1cc(NC(=O)c2cncc(C(=O)NC(C)C)c2)cc(OC)c1OC. The van der Waals surface area contributed by atoms with Gasteiger partial charge in [-0.3, -0.25) is 14.6 Å². The molecule has 1 aromatic heterocycles. The molecule has 2 N–H and O–H groups in total. The van der Waals surface area contributed by atoms with Crippen LogP contribution >= 0.6 is 0 Å². The van der Waals surface area contributed by atoms with Crippen LogP contribution < -0.4 is 24.8 Å². The number of amides is 2. The van der Waals surface area contributed by atoms with Gasteiger partial charge in [0.05, 0.1) is 32.5 Å². The maximum absolute atomic E-state index is 12.6. The molecule has 0 unspecified atom stereocenters. The van der Waals surface area contributed by atoms with Crippen LogP contribution in [0, 0.1) is 0 Å². The summed E-state index contributed by atoms with van der Waals surface area (Å²) in [5.41, 5.74) is 1.01. The summed E-state index contributed by atoms with van der Waals surface area (Å²) in [6.45, 7) is 3.71. The predicted octanol–water partition coefficient (Wildman–Crippen LogP) is 2.50. The number of carbonyl (C=O) groups excluding carboxylic acids is 2. The van der Waals surface area contributed by atoms with Gasteiger partial charge in [0.25, 0.3) is 11.8 Å². The summed E-state index contributed by atoms with van der Waals surface area (Å²) in [4.78, 5) is 28.6. The fraction of sp³-hybridized carbons (Fsp3) is 0.316. The average Bonchev–Trinajstić information content (AvgIpc) is 2.66. The summed E-state index contributed by atoms with van der Waals surface area (Å²) in [7, 11) is 4.48. The van der Waals surface area contributed by atoms with Crippen LogP contribution in [0.3, 0.4) is 0 Å². The highest BCUT2D eigenvalue weighted by Crippen LogP contribution is 2.40. The van der Waals surface area contributed by atoms with Crippen LogP contribution in [0.25, 0.3) is 0 Å². The first kappa shape index (κ1) is 20.0. The van der Waals surface area contributed by atoms with Gasteiger partial charge in [0.2, 0.25) is 5.75 Å². The number of anilines is 1. The lowest BCUT2D eigenvalue weighted by Gasteiger charge is -2.14. The minimum Gasteiger partial charge on any atom is -0.493 e. The van der Waals surface area contributed by atoms with E-state index in [1.807, 2.05) is 13.8 Å². The van der Waals surface area contributed by atoms with Gasteiger partial charge in [0.15, 0.2) is 11.5 Å². The first-order valence-electron chi connectivity index (χ1n) is 8.26. The van der Waals surface area contributed by atoms with Crippen molar-refractivity contribution >= 4 is 17.5 Å². The first-order chi connectivity index (χ1) is 12.9. The molecule has 0 atom stereocenters. The minimum absolute atomic E-state index is 0.0192. The molecule has 0 saturated heterocycles. The quantitative estimate of drug-likeness (QED) is 0.774. The Kier molecular flexibility index (Phi) is 6.59. The van der Waals surface area contributed by atoms with E-state index in [4.69, 9.17) is 14.2 Å². The van der Waals surface area contributed by atoms with Gasteiger partial charge in [0, 0.05) is 36.3 Å². The number of nitrogens with one attached hydrogen (secondary N) is 2. The van der Waals surface area contributed by atoms with E-state index in [1.54, 1.807) is 12.1 Å². The zero-order valence-electron chi connectivity index (χ0n) is 16.0. The van der Waals surface area contributed by atoms with Gasteiger partial charge in [-0.2, -0.15) is 0 Å². The normalized spacial score (nSPS) is 10.3. The van der Waals surface area contributed by atoms with Gasteiger partial charge >= 0.3 is 0 Å². The van der Waals surface area contributed by atoms with Crippen molar-refractivity contribution in [3.05, 3.63) is 41.7 Å². The van der Waals surface area contributed by atoms with Gasteiger partial charge in [-0.1, -0.05) is 0 Å². The summed E-state index contributed by atoms with van der Waals surface area (Å²) in [6, 6.07) is 4.69. The third kappa shape index (κ3) is 4.87. The summed E-state index contributed by atoms with van der Waals surface area (Å²) >= 11 is 0. The Morgan fingerprint density at radius 3 is 1.93 bits per heavy atom. The number of methoxy groups -OCH3 is 3. The smallest absolute Gasteiger partial charge is 0.257 e. The molecule has 2 rings (SSSR count). The van der Waals surface area contributed by atoms with E-state index >= 15 is 0 Å². The van der Waals surface area contributed by atoms with Gasteiger partial charge in [0.1, 0.15) is 0 Å². The lowest BCUT2D eigenvalue weighted by Crippen LogP contribution is -2.30. The molecular formula is C19H23N3O5. The molecule has 0 saturated carbocycles. The predicted molar refractivity (Wildman–Crippen MR) is 101 cm³/mol. The molecule has 2 amide bonds. The maximum atomic E-state index is 12.6. The second-order valence-electron chi connectivity index (χ2n) is 5.96. The van der Waals surface area contributed by atoms with Crippen molar-refractivity contribution < 1.29 is 23.8 Å². The molecule has 0 aliphatic heterocycles. The zero-order chi connectivity index (χ0) is 20.0. The van der Waals surface area contributed by atoms with Crippen LogP contribution in [0.4, 0.5) is 5.69 Å². The number of ether oxygens (including phenoxy) is 3. The third-order valence-electron chi connectivity index (χ3n) is 3.60. The number of nitrogens with zero attached hydrogens (tertiary/aromatic N) is 1. The molecule has 8 nitrogen and oxygen atoms in total. The second kappa shape index (κ2) is 8.88. The molecule has 0 radical (unpaired) electrons. The largest absolute Gasteiger partial charge is 0.493 e. The number of aromatic nitrogens is 1. The number of hydrogen-bond acceptors (Lipinski definition) is 6. The Hall–Kier alpha value is -3.29. The van der Waals surface area contributed by atoms with Gasteiger partial charge in [-0.25, -0.2) is 0 Å². The van der Waals surface area contributed by atoms with Gasteiger partial charge < -0.3 is 24.8 Å². The highest BCUT2D eigenvalue weighted by atomic mass is 16.5. The highest BCUT2D eigenvalue weighted by Gasteiger charge is 2.16. The van der Waals surface area contributed by atoms with Crippen molar-refractivity contribution in [3.8, 4) is 17.2 Å². The Labute approximate surface area is 157 Å². The van der Waals surface area contributed by atoms with Crippen LogP contribution in [-0.2, 0) is 0 Å². The Morgan fingerprint density at radius 1 is 0.889 bits per heavy atom. The first-order valence-corrected chi connectivity index (χ1v) is 8.26. The molecule has 0 spiro atoms. The standard InChI is InChI=1S/C19H23N3O5/c1-11(2)21-18(23)12-6-13(10-20-9-12)19(24)22-14-7-15(25-3)17(27-5)16(8-14)26-4/h6-11H,1-5H3,(H,21,23)(H,22,24). The molecule has 0 aliphatic rings. The van der Waals surface area contributed by atoms with E-state index in [9.17, 15) is 9.59 Å². The van der Waals surface area contributed by atoms with Crippen LogP contribution in [-0.4, -0.2) is 44.2 Å². The molecule has 1 aromatic carbocycles. The van der Waals surface area contributed by atoms with Crippen molar-refractivity contribution in [1.82, 2.24) is 10.3 Å². The molecule has 0 fully saturated rings. The second-order valence-corrected chi connectivity index (χ2v) is 5.96. The van der Waals surface area contributed by atoms with Crippen LogP contribution in [0.1, 0.15) is 34.6 Å². The van der Waals surface area contributed by atoms with Crippen molar-refractivity contribution in [2.24, 2.45) is 0 Å². The fourth-order valence-corrected chi connectivity index (χ4v) is 2.39. The molecule has 8 heteroatoms. The molecular weight excluding hydrogens is 350 g/mol. The Balaban J connectivity index is 2.26. The van der Waals surface area contributed by atoms with E-state index in [0.29, 0.717) is 28.5 Å². The van der Waals surface area contributed by atoms with E-state index in [0.717, 1.165) is 0 Å². The number of carbonyl (C=O) groups is 2. The van der Waals surface area contributed by atoms with Crippen LogP contribution in [0.5, 0.6) is 17.2 Å². The molecule has 1 heterocycles. The van der Waals surface area contributed by atoms with E-state index in [2.05, 4.69) is 15.6 Å². The van der Waals surface area contributed by atoms with Gasteiger partial charge in [-0.05, 0) is 19.9 Å². The molecule has 0 bridgehead atoms. The van der Waals surface area contributed by atoms with Crippen molar-refractivity contribution in [3.63, 3.8) is 0 Å². The summed E-state index contributed by atoms with van der Waals surface area (Å²) in [5.74, 6) is 0.536. The van der Waals surface area contributed by atoms with Crippen molar-refractivity contribution in [2.75, 3.05) is 26.6 Å². The fourth-order valence-electron chi connectivity index (χ4n) is 2.39. The third-order valence-corrected chi connectivity index (χ3v) is 3.60. The molecule has 144 valence electrons. The number of rotatable bonds is 7. The molecule has 2 aromatic rings. The van der Waals surface area contributed by atoms with Crippen molar-refractivity contribution in [2.45, 2.75) is 19.9 Å². The zero-order valence-corrected chi connectivity index (χ0v) is 16.0. The van der Waals surface area contributed by atoms with E-state index < -0.39 is 5.91 Å². The number of benzene rings is 1. The highest BCUT2D eigenvalue weighted by molar-refractivity contribution is 6.06. The lowest BCUT2D eigenvalue weighted by atomic mass is 10.1. The summed E-state index contributed by atoms with van der Waals surface area (Å²) < 4.78 is 15.8. The average molecular weight is 373 g/mol. The number of pyridine rings is 1. The number of hydrogen-bond donors (Lipinski definition) is 2. The Morgan fingerprint density at radius 2 is 1.44 bits per heavy atom. The van der Waals surface area contributed by atoms with Crippen molar-refractivity contribution in [1.29, 1.82) is 0 Å². The Bertz CT molecular complexity index is 811. The summed E-state index contributed by atoms with van der Waals surface area (Å²) in [5, 5.41) is 5.50.